The number of fused-ring (bicyclic) bond motifs is 1. The molecule has 0 bridgehead atoms. The quantitative estimate of drug-likeness (QED) is 0.908. The van der Waals surface area contributed by atoms with Gasteiger partial charge < -0.3 is 5.32 Å². The van der Waals surface area contributed by atoms with Crippen LogP contribution >= 0.6 is 0 Å². The molecule has 0 saturated heterocycles. The van der Waals surface area contributed by atoms with Crippen molar-refractivity contribution in [2.75, 3.05) is 5.32 Å². The fourth-order valence-electron chi connectivity index (χ4n) is 2.42. The van der Waals surface area contributed by atoms with Gasteiger partial charge in [-0.15, -0.1) is 0 Å². The van der Waals surface area contributed by atoms with E-state index < -0.39 is 10.0 Å². The largest absolute Gasteiger partial charge is 0.325 e. The summed E-state index contributed by atoms with van der Waals surface area (Å²) >= 11 is 0. The van der Waals surface area contributed by atoms with Crippen LogP contribution in [0.5, 0.6) is 0 Å². The molecule has 0 unspecified atom stereocenters. The molecule has 0 saturated carbocycles. The Bertz CT molecular complexity index is 817. The molecule has 1 aliphatic rings. The first-order valence-corrected chi connectivity index (χ1v) is 8.44. The Balaban J connectivity index is 1.83. The van der Waals surface area contributed by atoms with Crippen molar-refractivity contribution in [1.82, 2.24) is 4.72 Å². The van der Waals surface area contributed by atoms with Crippen molar-refractivity contribution in [1.29, 1.82) is 0 Å². The van der Waals surface area contributed by atoms with Crippen molar-refractivity contribution in [2.24, 2.45) is 0 Å². The zero-order valence-electron chi connectivity index (χ0n) is 12.0. The van der Waals surface area contributed by atoms with E-state index in [0.717, 1.165) is 5.56 Å². The zero-order valence-corrected chi connectivity index (χ0v) is 12.9. The SMILES string of the molecule is C[C@H]1C(=O)Nc2ccc(S(=O)(=O)NCc3ccccc3)cc21. The van der Waals surface area contributed by atoms with E-state index in [1.54, 1.807) is 19.1 Å². The minimum atomic E-state index is -3.61. The monoisotopic (exact) mass is 316 g/mol. The van der Waals surface area contributed by atoms with Crippen LogP contribution in [0.2, 0.25) is 0 Å². The van der Waals surface area contributed by atoms with E-state index in [4.69, 9.17) is 0 Å². The molecule has 1 aliphatic heterocycles. The van der Waals surface area contributed by atoms with E-state index in [1.165, 1.54) is 6.07 Å². The van der Waals surface area contributed by atoms with Crippen molar-refractivity contribution in [2.45, 2.75) is 24.3 Å². The fraction of sp³-hybridized carbons (Fsp3) is 0.188. The van der Waals surface area contributed by atoms with Crippen molar-refractivity contribution < 1.29 is 13.2 Å². The van der Waals surface area contributed by atoms with Gasteiger partial charge in [0.15, 0.2) is 0 Å². The molecule has 1 heterocycles. The lowest BCUT2D eigenvalue weighted by Crippen LogP contribution is -2.23. The van der Waals surface area contributed by atoms with Crippen molar-refractivity contribution >= 4 is 21.6 Å². The van der Waals surface area contributed by atoms with Gasteiger partial charge in [-0.2, -0.15) is 0 Å². The highest BCUT2D eigenvalue weighted by Crippen LogP contribution is 2.33. The van der Waals surface area contributed by atoms with Crippen LogP contribution in [-0.2, 0) is 21.4 Å². The van der Waals surface area contributed by atoms with E-state index in [0.29, 0.717) is 11.3 Å². The Hall–Kier alpha value is -2.18. The molecule has 0 fully saturated rings. The summed E-state index contributed by atoms with van der Waals surface area (Å²) < 4.78 is 27.3. The van der Waals surface area contributed by atoms with Gasteiger partial charge in [0.25, 0.3) is 0 Å². The fourth-order valence-corrected chi connectivity index (χ4v) is 3.47. The minimum Gasteiger partial charge on any atom is -0.325 e. The average molecular weight is 316 g/mol. The zero-order chi connectivity index (χ0) is 15.7. The normalized spacial score (nSPS) is 17.1. The van der Waals surface area contributed by atoms with Crippen molar-refractivity contribution in [3.8, 4) is 0 Å². The first-order valence-electron chi connectivity index (χ1n) is 6.96. The van der Waals surface area contributed by atoms with Gasteiger partial charge in [0.1, 0.15) is 0 Å². The maximum atomic E-state index is 12.4. The Kier molecular flexibility index (Phi) is 3.72. The van der Waals surface area contributed by atoms with Crippen molar-refractivity contribution in [3.63, 3.8) is 0 Å². The number of amides is 1. The van der Waals surface area contributed by atoms with E-state index in [1.807, 2.05) is 30.3 Å². The molecular weight excluding hydrogens is 300 g/mol. The first-order chi connectivity index (χ1) is 10.5. The van der Waals surface area contributed by atoms with E-state index in [-0.39, 0.29) is 23.3 Å². The molecule has 1 atom stereocenters. The van der Waals surface area contributed by atoms with Crippen LogP contribution in [0.25, 0.3) is 0 Å². The summed E-state index contributed by atoms with van der Waals surface area (Å²) in [4.78, 5) is 11.8. The van der Waals surface area contributed by atoms with Crippen LogP contribution in [-0.4, -0.2) is 14.3 Å². The molecule has 6 heteroatoms. The summed E-state index contributed by atoms with van der Waals surface area (Å²) in [5, 5.41) is 2.73. The molecule has 3 rings (SSSR count). The summed E-state index contributed by atoms with van der Waals surface area (Å²) in [5.41, 5.74) is 2.28. The molecule has 2 N–H and O–H groups in total. The number of carbonyl (C=O) groups is 1. The highest BCUT2D eigenvalue weighted by molar-refractivity contribution is 7.89. The molecule has 0 aliphatic carbocycles. The van der Waals surface area contributed by atoms with Gasteiger partial charge in [-0.05, 0) is 36.2 Å². The Morgan fingerprint density at radius 1 is 1.14 bits per heavy atom. The van der Waals surface area contributed by atoms with Crippen molar-refractivity contribution in [3.05, 3.63) is 59.7 Å². The summed E-state index contributed by atoms with van der Waals surface area (Å²) in [6.45, 7) is 1.99. The van der Waals surface area contributed by atoms with Crippen LogP contribution in [0.3, 0.4) is 0 Å². The Morgan fingerprint density at radius 2 is 1.86 bits per heavy atom. The standard InChI is InChI=1S/C16H16N2O3S/c1-11-14-9-13(7-8-15(14)18-16(11)19)22(20,21)17-10-12-5-3-2-4-6-12/h2-9,11,17H,10H2,1H3,(H,18,19)/t11-/m1/s1. The third kappa shape index (κ3) is 2.75. The highest BCUT2D eigenvalue weighted by Gasteiger charge is 2.28. The van der Waals surface area contributed by atoms with E-state index in [9.17, 15) is 13.2 Å². The Morgan fingerprint density at radius 3 is 2.59 bits per heavy atom. The molecule has 2 aromatic carbocycles. The molecule has 0 radical (unpaired) electrons. The average Bonchev–Trinajstić information content (AvgIpc) is 2.81. The number of anilines is 1. The summed E-state index contributed by atoms with van der Waals surface area (Å²) in [5.74, 6) is -0.443. The third-order valence-corrected chi connectivity index (χ3v) is 5.16. The van der Waals surface area contributed by atoms with E-state index in [2.05, 4.69) is 10.0 Å². The molecule has 22 heavy (non-hydrogen) atoms. The molecule has 2 aromatic rings. The Labute approximate surface area is 129 Å². The van der Waals surface area contributed by atoms with Gasteiger partial charge in [-0.25, -0.2) is 13.1 Å². The molecule has 5 nitrogen and oxygen atoms in total. The lowest BCUT2D eigenvalue weighted by atomic mass is 10.0. The van der Waals surface area contributed by atoms with Gasteiger partial charge >= 0.3 is 0 Å². The number of rotatable bonds is 4. The van der Waals surface area contributed by atoms with Gasteiger partial charge in [0.05, 0.1) is 10.8 Å². The van der Waals surface area contributed by atoms with E-state index >= 15 is 0 Å². The predicted octanol–water partition coefficient (Wildman–Crippen LogP) is 2.22. The maximum absolute atomic E-state index is 12.4. The second-order valence-electron chi connectivity index (χ2n) is 5.27. The lowest BCUT2D eigenvalue weighted by molar-refractivity contribution is -0.116. The summed E-state index contributed by atoms with van der Waals surface area (Å²) in [6.07, 6.45) is 0. The number of hydrogen-bond donors (Lipinski definition) is 2. The van der Waals surface area contributed by atoms with Crippen LogP contribution in [0.4, 0.5) is 5.69 Å². The van der Waals surface area contributed by atoms with Crippen LogP contribution in [0.1, 0.15) is 24.0 Å². The number of sulfonamides is 1. The van der Waals surface area contributed by atoms with Crippen LogP contribution < -0.4 is 10.0 Å². The molecule has 114 valence electrons. The second kappa shape index (κ2) is 5.55. The number of carbonyl (C=O) groups excluding carboxylic acids is 1. The molecular formula is C16H16N2O3S. The van der Waals surface area contributed by atoms with Crippen LogP contribution in [0, 0.1) is 0 Å². The molecule has 1 amide bonds. The third-order valence-electron chi connectivity index (χ3n) is 3.76. The van der Waals surface area contributed by atoms with Gasteiger partial charge in [-0.3, -0.25) is 4.79 Å². The van der Waals surface area contributed by atoms with Crippen LogP contribution in [0.15, 0.2) is 53.4 Å². The second-order valence-corrected chi connectivity index (χ2v) is 7.04. The predicted molar refractivity (Wildman–Crippen MR) is 84.0 cm³/mol. The summed E-state index contributed by atoms with van der Waals surface area (Å²) in [6, 6.07) is 14.0. The number of benzene rings is 2. The smallest absolute Gasteiger partial charge is 0.240 e. The maximum Gasteiger partial charge on any atom is 0.240 e. The number of hydrogen-bond acceptors (Lipinski definition) is 3. The first kappa shape index (κ1) is 14.7. The van der Waals surface area contributed by atoms with Gasteiger partial charge in [0, 0.05) is 12.2 Å². The highest BCUT2D eigenvalue weighted by atomic mass is 32.2. The lowest BCUT2D eigenvalue weighted by Gasteiger charge is -2.09. The molecule has 0 aromatic heterocycles. The topological polar surface area (TPSA) is 75.3 Å². The molecule has 0 spiro atoms. The summed E-state index contributed by atoms with van der Waals surface area (Å²) in [7, 11) is -3.61. The van der Waals surface area contributed by atoms with Gasteiger partial charge in [-0.1, -0.05) is 30.3 Å². The minimum absolute atomic E-state index is 0.109. The van der Waals surface area contributed by atoms with Gasteiger partial charge in [0.2, 0.25) is 15.9 Å². The number of nitrogens with one attached hydrogen (secondary N) is 2.